The van der Waals surface area contributed by atoms with Crippen molar-refractivity contribution in [3.63, 3.8) is 0 Å². The Balaban J connectivity index is 1.88. The summed E-state index contributed by atoms with van der Waals surface area (Å²) in [5.74, 6) is -0.624. The molecule has 2 aromatic carbocycles. The van der Waals surface area contributed by atoms with E-state index in [1.807, 2.05) is 37.4 Å². The van der Waals surface area contributed by atoms with Crippen LogP contribution in [0.3, 0.4) is 0 Å². The Hall–Kier alpha value is -2.77. The van der Waals surface area contributed by atoms with E-state index in [-0.39, 0.29) is 16.3 Å². The number of benzene rings is 2. The SMILES string of the molecule is Cc1ccc(C)c(-c2csc(NC(=O)c3cc(Cl)ccc3[N+](=O)[O-])n2)c1. The van der Waals surface area contributed by atoms with Crippen LogP contribution < -0.4 is 5.32 Å². The van der Waals surface area contributed by atoms with Crippen molar-refractivity contribution in [2.24, 2.45) is 0 Å². The van der Waals surface area contributed by atoms with E-state index in [4.69, 9.17) is 11.6 Å². The Morgan fingerprint density at radius 3 is 2.73 bits per heavy atom. The first-order valence-electron chi connectivity index (χ1n) is 7.63. The van der Waals surface area contributed by atoms with E-state index in [1.54, 1.807) is 0 Å². The van der Waals surface area contributed by atoms with Crippen molar-refractivity contribution in [3.8, 4) is 11.3 Å². The molecule has 1 N–H and O–H groups in total. The van der Waals surface area contributed by atoms with Crippen LogP contribution in [0.2, 0.25) is 5.02 Å². The molecule has 0 atom stereocenters. The van der Waals surface area contributed by atoms with E-state index in [1.165, 1.54) is 29.5 Å². The molecule has 0 aliphatic carbocycles. The average Bonchev–Trinajstić information content (AvgIpc) is 3.04. The second-order valence-corrected chi connectivity index (χ2v) is 7.02. The number of carbonyl (C=O) groups excluding carboxylic acids is 1. The van der Waals surface area contributed by atoms with Gasteiger partial charge in [-0.3, -0.25) is 20.2 Å². The van der Waals surface area contributed by atoms with Crippen LogP contribution in [0.4, 0.5) is 10.8 Å². The summed E-state index contributed by atoms with van der Waals surface area (Å²) in [6.07, 6.45) is 0. The topological polar surface area (TPSA) is 85.1 Å². The van der Waals surface area contributed by atoms with Crippen molar-refractivity contribution in [1.29, 1.82) is 0 Å². The van der Waals surface area contributed by atoms with Gasteiger partial charge in [0.25, 0.3) is 11.6 Å². The highest BCUT2D eigenvalue weighted by Crippen LogP contribution is 2.29. The average molecular weight is 388 g/mol. The van der Waals surface area contributed by atoms with E-state index in [9.17, 15) is 14.9 Å². The zero-order chi connectivity index (χ0) is 18.8. The second-order valence-electron chi connectivity index (χ2n) is 5.73. The number of aromatic nitrogens is 1. The molecule has 26 heavy (non-hydrogen) atoms. The van der Waals surface area contributed by atoms with Crippen LogP contribution in [0.25, 0.3) is 11.3 Å². The highest BCUT2D eigenvalue weighted by molar-refractivity contribution is 7.14. The van der Waals surface area contributed by atoms with Gasteiger partial charge in [0.2, 0.25) is 0 Å². The van der Waals surface area contributed by atoms with Gasteiger partial charge in [0.1, 0.15) is 5.56 Å². The lowest BCUT2D eigenvalue weighted by atomic mass is 10.0. The van der Waals surface area contributed by atoms with Crippen molar-refractivity contribution in [2.75, 3.05) is 5.32 Å². The number of carbonyl (C=O) groups is 1. The summed E-state index contributed by atoms with van der Waals surface area (Å²) >= 11 is 7.12. The highest BCUT2D eigenvalue weighted by Gasteiger charge is 2.21. The maximum Gasteiger partial charge on any atom is 0.282 e. The number of rotatable bonds is 4. The van der Waals surface area contributed by atoms with Gasteiger partial charge in [0, 0.05) is 22.0 Å². The zero-order valence-corrected chi connectivity index (χ0v) is 15.5. The van der Waals surface area contributed by atoms with E-state index in [2.05, 4.69) is 10.3 Å². The van der Waals surface area contributed by atoms with Gasteiger partial charge >= 0.3 is 0 Å². The number of thiazole rings is 1. The number of hydrogen-bond donors (Lipinski definition) is 1. The molecule has 0 aliphatic heterocycles. The van der Waals surface area contributed by atoms with Crippen molar-refractivity contribution in [3.05, 3.63) is 73.6 Å². The Bertz CT molecular complexity index is 1020. The maximum atomic E-state index is 12.5. The monoisotopic (exact) mass is 387 g/mol. The number of nitro benzene ring substituents is 1. The Morgan fingerprint density at radius 1 is 1.23 bits per heavy atom. The number of aryl methyl sites for hydroxylation is 2. The van der Waals surface area contributed by atoms with Gasteiger partial charge in [-0.1, -0.05) is 29.3 Å². The standard InChI is InChI=1S/C18H14ClN3O3S/c1-10-3-4-11(2)13(7-10)15-9-26-18(20-15)21-17(23)14-8-12(19)5-6-16(14)22(24)25/h3-9H,1-2H3,(H,20,21,23). The minimum Gasteiger partial charge on any atom is -0.298 e. The fourth-order valence-electron chi connectivity index (χ4n) is 2.48. The molecule has 6 nitrogen and oxygen atoms in total. The zero-order valence-electron chi connectivity index (χ0n) is 13.9. The molecule has 3 aromatic rings. The molecule has 0 aliphatic rings. The van der Waals surface area contributed by atoms with E-state index in [0.717, 1.165) is 22.4 Å². The minimum atomic E-state index is -0.624. The number of anilines is 1. The summed E-state index contributed by atoms with van der Waals surface area (Å²) < 4.78 is 0. The predicted molar refractivity (Wildman–Crippen MR) is 103 cm³/mol. The van der Waals surface area contributed by atoms with Gasteiger partial charge in [-0.25, -0.2) is 4.98 Å². The third-order valence-electron chi connectivity index (χ3n) is 3.79. The van der Waals surface area contributed by atoms with Crippen LogP contribution in [0.1, 0.15) is 21.5 Å². The van der Waals surface area contributed by atoms with Crippen LogP contribution >= 0.6 is 22.9 Å². The van der Waals surface area contributed by atoms with Crippen LogP contribution in [0.15, 0.2) is 41.8 Å². The normalized spacial score (nSPS) is 10.6. The molecule has 0 saturated heterocycles. The third kappa shape index (κ3) is 3.74. The Kier molecular flexibility index (Phi) is 5.01. The number of hydrogen-bond acceptors (Lipinski definition) is 5. The molecule has 0 spiro atoms. The second kappa shape index (κ2) is 7.23. The van der Waals surface area contributed by atoms with Crippen molar-refractivity contribution in [1.82, 2.24) is 4.98 Å². The van der Waals surface area contributed by atoms with Crippen LogP contribution in [-0.4, -0.2) is 15.8 Å². The molecule has 8 heteroatoms. The summed E-state index contributed by atoms with van der Waals surface area (Å²) in [5.41, 5.74) is 3.50. The molecular weight excluding hydrogens is 374 g/mol. The van der Waals surface area contributed by atoms with Gasteiger partial charge in [-0.15, -0.1) is 11.3 Å². The first kappa shape index (κ1) is 18.0. The maximum absolute atomic E-state index is 12.5. The quantitative estimate of drug-likeness (QED) is 0.490. The summed E-state index contributed by atoms with van der Waals surface area (Å²) in [6.45, 7) is 3.98. The fraction of sp³-hybridized carbons (Fsp3) is 0.111. The molecule has 1 amide bonds. The molecule has 0 radical (unpaired) electrons. The first-order valence-corrected chi connectivity index (χ1v) is 8.89. The van der Waals surface area contributed by atoms with Gasteiger partial charge in [-0.2, -0.15) is 0 Å². The van der Waals surface area contributed by atoms with Gasteiger partial charge in [0.05, 0.1) is 10.6 Å². The van der Waals surface area contributed by atoms with Crippen LogP contribution in [0, 0.1) is 24.0 Å². The fourth-order valence-corrected chi connectivity index (χ4v) is 3.36. The smallest absolute Gasteiger partial charge is 0.282 e. The molecule has 1 aromatic heterocycles. The predicted octanol–water partition coefficient (Wildman–Crippen LogP) is 5.24. The van der Waals surface area contributed by atoms with E-state index >= 15 is 0 Å². The summed E-state index contributed by atoms with van der Waals surface area (Å²) in [4.78, 5) is 27.4. The number of amides is 1. The third-order valence-corrected chi connectivity index (χ3v) is 4.79. The highest BCUT2D eigenvalue weighted by atomic mass is 35.5. The van der Waals surface area contributed by atoms with E-state index < -0.39 is 10.8 Å². The number of halogens is 1. The first-order chi connectivity index (χ1) is 12.3. The van der Waals surface area contributed by atoms with Gasteiger partial charge in [0.15, 0.2) is 5.13 Å². The number of nitrogens with zero attached hydrogens (tertiary/aromatic N) is 2. The molecular formula is C18H14ClN3O3S. The number of nitrogens with one attached hydrogen (secondary N) is 1. The van der Waals surface area contributed by atoms with E-state index in [0.29, 0.717) is 5.13 Å². The molecule has 1 heterocycles. The Labute approximate surface area is 158 Å². The summed E-state index contributed by atoms with van der Waals surface area (Å²) in [7, 11) is 0. The van der Waals surface area contributed by atoms with Crippen molar-refractivity contribution < 1.29 is 9.72 Å². The molecule has 132 valence electrons. The lowest BCUT2D eigenvalue weighted by molar-refractivity contribution is -0.385. The molecule has 0 unspecified atom stereocenters. The summed E-state index contributed by atoms with van der Waals surface area (Å²) in [6, 6.07) is 9.91. The molecule has 3 rings (SSSR count). The van der Waals surface area contributed by atoms with Crippen LogP contribution in [0.5, 0.6) is 0 Å². The van der Waals surface area contributed by atoms with Gasteiger partial charge < -0.3 is 0 Å². The summed E-state index contributed by atoms with van der Waals surface area (Å²) in [5, 5.41) is 16.2. The van der Waals surface area contributed by atoms with Crippen molar-refractivity contribution in [2.45, 2.75) is 13.8 Å². The Morgan fingerprint density at radius 2 is 2.00 bits per heavy atom. The largest absolute Gasteiger partial charge is 0.298 e. The molecule has 0 bridgehead atoms. The number of nitro groups is 1. The van der Waals surface area contributed by atoms with Crippen molar-refractivity contribution >= 4 is 39.7 Å². The lowest BCUT2D eigenvalue weighted by Gasteiger charge is -2.05. The van der Waals surface area contributed by atoms with Crippen LogP contribution in [-0.2, 0) is 0 Å². The minimum absolute atomic E-state index is 0.106. The lowest BCUT2D eigenvalue weighted by Crippen LogP contribution is -2.13. The molecule has 0 saturated carbocycles. The van der Waals surface area contributed by atoms with Gasteiger partial charge in [-0.05, 0) is 37.6 Å². The molecule has 0 fully saturated rings.